The van der Waals surface area contributed by atoms with Gasteiger partial charge in [-0.15, -0.1) is 0 Å². The molecule has 0 bridgehead atoms. The highest BCUT2D eigenvalue weighted by atomic mass is 79.9. The number of likely N-dealkylation sites (N-methyl/N-ethyl adjacent to an activating group) is 1. The monoisotopic (exact) mass is 439 g/mol. The molecule has 6 nitrogen and oxygen atoms in total. The average molecular weight is 440 g/mol. The van der Waals surface area contributed by atoms with Gasteiger partial charge in [0, 0.05) is 34.5 Å². The molecule has 2 aromatic carbocycles. The molecule has 1 saturated heterocycles. The lowest BCUT2D eigenvalue weighted by molar-refractivity contribution is -0.132. The van der Waals surface area contributed by atoms with Gasteiger partial charge < -0.3 is 10.1 Å². The van der Waals surface area contributed by atoms with Crippen LogP contribution in [0.1, 0.15) is 29.8 Å². The van der Waals surface area contributed by atoms with E-state index in [1.807, 2.05) is 31.2 Å². The number of nitrogens with zero attached hydrogens (tertiary/aromatic N) is 2. The Hall–Kier alpha value is -2.80. The fraction of sp³-hybridized carbons (Fsp3) is 0.238. The van der Waals surface area contributed by atoms with Crippen molar-refractivity contribution in [1.82, 2.24) is 14.8 Å². The molecule has 3 amide bonds. The van der Waals surface area contributed by atoms with E-state index in [2.05, 4.69) is 20.9 Å². The van der Waals surface area contributed by atoms with E-state index >= 15 is 0 Å². The number of fused-ring (bicyclic) bond motifs is 4. The Morgan fingerprint density at radius 3 is 2.75 bits per heavy atom. The van der Waals surface area contributed by atoms with Gasteiger partial charge in [0.1, 0.15) is 17.3 Å². The lowest BCUT2D eigenvalue weighted by Gasteiger charge is -2.42. The Morgan fingerprint density at radius 1 is 1.21 bits per heavy atom. The van der Waals surface area contributed by atoms with Crippen LogP contribution in [0.4, 0.5) is 4.79 Å². The summed E-state index contributed by atoms with van der Waals surface area (Å²) in [7, 11) is 1.52. The molecule has 0 aliphatic carbocycles. The smallest absolute Gasteiger partial charge is 0.328 e. The van der Waals surface area contributed by atoms with Crippen LogP contribution < -0.4 is 0 Å². The molecule has 3 aromatic rings. The van der Waals surface area contributed by atoms with Gasteiger partial charge in [-0.05, 0) is 48.4 Å². The van der Waals surface area contributed by atoms with Gasteiger partial charge in [0.25, 0.3) is 5.91 Å². The summed E-state index contributed by atoms with van der Waals surface area (Å²) >= 11 is 3.53. The Balaban J connectivity index is 1.84. The number of phenolic OH excluding ortho intramolecular Hbond substituents is 1. The fourth-order valence-corrected chi connectivity index (χ4v) is 4.99. The maximum Gasteiger partial charge on any atom is 0.328 e. The standard InChI is InChI=1S/C21H18BrN3O3/c1-21-10-15-14-9-12(22)6-7-16(14)23-17(15)18(11-4-3-5-13(26)8-11)25(21)20(28)24(2)19(21)27/h3-9,18,23,26H,10H2,1-2H3. The molecule has 142 valence electrons. The molecule has 2 N–H and O–H groups in total. The molecule has 2 unspecified atom stereocenters. The first-order valence-corrected chi connectivity index (χ1v) is 9.81. The van der Waals surface area contributed by atoms with Crippen molar-refractivity contribution < 1.29 is 14.7 Å². The van der Waals surface area contributed by atoms with E-state index in [1.165, 1.54) is 11.9 Å². The molecule has 1 aromatic heterocycles. The molecule has 5 rings (SSSR count). The van der Waals surface area contributed by atoms with Crippen molar-refractivity contribution in [1.29, 1.82) is 0 Å². The Bertz CT molecular complexity index is 1170. The predicted octanol–water partition coefficient (Wildman–Crippen LogP) is 3.93. The lowest BCUT2D eigenvalue weighted by atomic mass is 9.81. The number of benzene rings is 2. The van der Waals surface area contributed by atoms with E-state index in [-0.39, 0.29) is 17.7 Å². The number of aromatic nitrogens is 1. The number of H-pyrrole nitrogens is 1. The van der Waals surface area contributed by atoms with Crippen molar-refractivity contribution in [3.63, 3.8) is 0 Å². The third kappa shape index (κ3) is 2.13. The number of carbonyl (C=O) groups is 2. The molecule has 0 radical (unpaired) electrons. The molecule has 28 heavy (non-hydrogen) atoms. The second-order valence-electron chi connectivity index (χ2n) is 7.67. The zero-order valence-electron chi connectivity index (χ0n) is 15.4. The van der Waals surface area contributed by atoms with Gasteiger partial charge >= 0.3 is 6.03 Å². The van der Waals surface area contributed by atoms with Gasteiger partial charge in [0.05, 0.1) is 0 Å². The summed E-state index contributed by atoms with van der Waals surface area (Å²) in [6.45, 7) is 1.83. The summed E-state index contributed by atoms with van der Waals surface area (Å²) < 4.78 is 0.953. The molecule has 1 fully saturated rings. The topological polar surface area (TPSA) is 76.6 Å². The molecule has 7 heteroatoms. The predicted molar refractivity (Wildman–Crippen MR) is 108 cm³/mol. The zero-order valence-corrected chi connectivity index (χ0v) is 16.9. The Labute approximate surface area is 169 Å². The van der Waals surface area contributed by atoms with Gasteiger partial charge in [0.2, 0.25) is 0 Å². The Morgan fingerprint density at radius 2 is 2.00 bits per heavy atom. The van der Waals surface area contributed by atoms with E-state index in [0.717, 1.165) is 32.2 Å². The van der Waals surface area contributed by atoms with Crippen molar-refractivity contribution >= 4 is 38.8 Å². The maximum absolute atomic E-state index is 13.1. The zero-order chi connectivity index (χ0) is 19.8. The maximum atomic E-state index is 13.1. The second-order valence-corrected chi connectivity index (χ2v) is 8.59. The number of rotatable bonds is 1. The first-order valence-electron chi connectivity index (χ1n) is 9.01. The second kappa shape index (κ2) is 5.61. The normalized spacial score (nSPS) is 24.0. The third-order valence-electron chi connectivity index (χ3n) is 5.93. The quantitative estimate of drug-likeness (QED) is 0.563. The molecule has 2 aliphatic rings. The van der Waals surface area contributed by atoms with Gasteiger partial charge in [-0.3, -0.25) is 14.6 Å². The number of carbonyl (C=O) groups excluding carboxylic acids is 2. The highest BCUT2D eigenvalue weighted by molar-refractivity contribution is 9.10. The number of aromatic amines is 1. The molecule has 2 aliphatic heterocycles. The summed E-state index contributed by atoms with van der Waals surface area (Å²) in [5.41, 5.74) is 2.64. The molecule has 0 saturated carbocycles. The van der Waals surface area contributed by atoms with Crippen molar-refractivity contribution in [2.24, 2.45) is 0 Å². The lowest BCUT2D eigenvalue weighted by Crippen LogP contribution is -2.53. The van der Waals surface area contributed by atoms with Crippen LogP contribution in [0.25, 0.3) is 10.9 Å². The summed E-state index contributed by atoms with van der Waals surface area (Å²) in [4.78, 5) is 32.4. The highest BCUT2D eigenvalue weighted by Crippen LogP contribution is 2.48. The van der Waals surface area contributed by atoms with Crippen LogP contribution in [-0.2, 0) is 11.2 Å². The first kappa shape index (κ1) is 17.3. The number of aromatic hydroxyl groups is 1. The fourth-order valence-electron chi connectivity index (χ4n) is 4.63. The SMILES string of the molecule is CN1C(=O)N2C(c3cccc(O)c3)c3[nH]c4ccc(Br)cc4c3CC2(C)C1=O. The highest BCUT2D eigenvalue weighted by Gasteiger charge is 2.59. The molecule has 3 heterocycles. The van der Waals surface area contributed by atoms with E-state index in [4.69, 9.17) is 0 Å². The van der Waals surface area contributed by atoms with E-state index in [9.17, 15) is 14.7 Å². The molecule has 2 atom stereocenters. The number of urea groups is 1. The minimum Gasteiger partial charge on any atom is -0.508 e. The third-order valence-corrected chi connectivity index (χ3v) is 6.42. The van der Waals surface area contributed by atoms with Crippen LogP contribution in [0.5, 0.6) is 5.75 Å². The van der Waals surface area contributed by atoms with Crippen LogP contribution >= 0.6 is 15.9 Å². The van der Waals surface area contributed by atoms with Crippen LogP contribution in [0.3, 0.4) is 0 Å². The number of halogens is 1. The summed E-state index contributed by atoms with van der Waals surface area (Å²) in [5, 5.41) is 11.1. The Kier molecular flexibility index (Phi) is 3.47. The van der Waals surface area contributed by atoms with Gasteiger partial charge in [-0.1, -0.05) is 28.1 Å². The van der Waals surface area contributed by atoms with Crippen LogP contribution in [0.2, 0.25) is 0 Å². The summed E-state index contributed by atoms with van der Waals surface area (Å²) in [5.74, 6) is -0.0887. The minimum absolute atomic E-state index is 0.122. The number of phenols is 1. The van der Waals surface area contributed by atoms with Gasteiger partial charge in [0.15, 0.2) is 0 Å². The average Bonchev–Trinajstić information content (AvgIpc) is 3.09. The summed E-state index contributed by atoms with van der Waals surface area (Å²) in [6.07, 6.45) is 0.434. The van der Waals surface area contributed by atoms with Crippen LogP contribution in [0.15, 0.2) is 46.9 Å². The van der Waals surface area contributed by atoms with E-state index < -0.39 is 11.6 Å². The first-order chi connectivity index (χ1) is 13.3. The minimum atomic E-state index is -0.980. The molecular formula is C21H18BrN3O3. The number of hydrogen-bond donors (Lipinski definition) is 2. The largest absolute Gasteiger partial charge is 0.508 e. The number of imide groups is 1. The summed E-state index contributed by atoms with van der Waals surface area (Å²) in [6, 6.07) is 12.0. The van der Waals surface area contributed by atoms with Gasteiger partial charge in [-0.25, -0.2) is 4.79 Å². The van der Waals surface area contributed by atoms with Crippen molar-refractivity contribution in [2.45, 2.75) is 24.9 Å². The van der Waals surface area contributed by atoms with Crippen molar-refractivity contribution in [3.05, 3.63) is 63.8 Å². The van der Waals surface area contributed by atoms with Crippen LogP contribution in [0, 0.1) is 0 Å². The van der Waals surface area contributed by atoms with Gasteiger partial charge in [-0.2, -0.15) is 0 Å². The molecule has 0 spiro atoms. The number of amides is 3. The number of hydrogen-bond acceptors (Lipinski definition) is 3. The van der Waals surface area contributed by atoms with E-state index in [0.29, 0.717) is 6.42 Å². The molecular weight excluding hydrogens is 422 g/mol. The van der Waals surface area contributed by atoms with Crippen molar-refractivity contribution in [3.8, 4) is 5.75 Å². The van der Waals surface area contributed by atoms with Crippen LogP contribution in [-0.4, -0.2) is 44.4 Å². The number of nitrogens with one attached hydrogen (secondary N) is 1. The van der Waals surface area contributed by atoms with E-state index in [1.54, 1.807) is 23.1 Å². The van der Waals surface area contributed by atoms with Crippen molar-refractivity contribution in [2.75, 3.05) is 7.05 Å².